The number of carbonyl (C=O) groups excluding carboxylic acids is 1. The van der Waals surface area contributed by atoms with E-state index in [-0.39, 0.29) is 24.4 Å². The molecule has 1 heterocycles. The zero-order valence-electron chi connectivity index (χ0n) is 11.8. The summed E-state index contributed by atoms with van der Waals surface area (Å²) in [6, 6.07) is 4.36. The number of nitrogens with two attached hydrogens (primary N) is 1. The average molecular weight is 290 g/mol. The number of benzene rings is 1. The molecule has 0 bridgehead atoms. The first-order valence-corrected chi connectivity index (χ1v) is 7.02. The van der Waals surface area contributed by atoms with Crippen LogP contribution in [0.5, 0.6) is 0 Å². The van der Waals surface area contributed by atoms with Gasteiger partial charge in [-0.1, -0.05) is 11.8 Å². The van der Waals surface area contributed by atoms with Crippen LogP contribution in [0, 0.1) is 17.7 Å². The number of likely N-dealkylation sites (tertiary alicyclic amines) is 1. The Balaban J connectivity index is 2.13. The second-order valence-electron chi connectivity index (χ2n) is 5.15. The zero-order chi connectivity index (χ0) is 15.2. The van der Waals surface area contributed by atoms with Crippen LogP contribution in [-0.4, -0.2) is 35.1 Å². The van der Waals surface area contributed by atoms with Gasteiger partial charge in [0.15, 0.2) is 0 Å². The van der Waals surface area contributed by atoms with Gasteiger partial charge in [0.1, 0.15) is 5.82 Å². The van der Waals surface area contributed by atoms with E-state index < -0.39 is 0 Å². The number of aliphatic hydroxyl groups excluding tert-OH is 1. The lowest BCUT2D eigenvalue weighted by molar-refractivity contribution is -0.122. The lowest BCUT2D eigenvalue weighted by Gasteiger charge is -2.21. The van der Waals surface area contributed by atoms with E-state index in [4.69, 9.17) is 10.8 Å². The fraction of sp³-hybridized carbons (Fsp3) is 0.438. The van der Waals surface area contributed by atoms with E-state index in [0.29, 0.717) is 18.5 Å². The van der Waals surface area contributed by atoms with Crippen LogP contribution in [0.3, 0.4) is 0 Å². The van der Waals surface area contributed by atoms with Gasteiger partial charge < -0.3 is 10.8 Å². The highest BCUT2D eigenvalue weighted by Crippen LogP contribution is 2.20. The normalized spacial score (nSPS) is 18.3. The maximum Gasteiger partial charge on any atom is 0.234 e. The Morgan fingerprint density at radius 3 is 3.00 bits per heavy atom. The number of hydrogen-bond acceptors (Lipinski definition) is 3. The van der Waals surface area contributed by atoms with Crippen LogP contribution < -0.4 is 5.73 Å². The van der Waals surface area contributed by atoms with Crippen LogP contribution >= 0.6 is 0 Å². The Morgan fingerprint density at radius 2 is 2.29 bits per heavy atom. The summed E-state index contributed by atoms with van der Waals surface area (Å²) in [6.07, 6.45) is 2.04. The maximum absolute atomic E-state index is 13.6. The number of primary amides is 1. The Bertz CT molecular complexity index is 577. The molecule has 1 aromatic rings. The molecule has 0 saturated carbocycles. The third-order valence-corrected chi connectivity index (χ3v) is 3.50. The summed E-state index contributed by atoms with van der Waals surface area (Å²) < 4.78 is 13.6. The highest BCUT2D eigenvalue weighted by molar-refractivity contribution is 5.80. The average Bonchev–Trinajstić information content (AvgIpc) is 2.86. The summed E-state index contributed by atoms with van der Waals surface area (Å²) in [5.41, 5.74) is 6.73. The molecule has 1 atom stereocenters. The largest absolute Gasteiger partial charge is 0.395 e. The summed E-state index contributed by atoms with van der Waals surface area (Å²) in [6.45, 7) is 1.26. The molecule has 1 aromatic carbocycles. The van der Waals surface area contributed by atoms with Gasteiger partial charge in [0.2, 0.25) is 5.91 Å². The van der Waals surface area contributed by atoms with Gasteiger partial charge in [-0.15, -0.1) is 0 Å². The van der Waals surface area contributed by atoms with Crippen molar-refractivity contribution in [1.82, 2.24) is 4.90 Å². The molecule has 1 fully saturated rings. The Morgan fingerprint density at radius 1 is 1.48 bits per heavy atom. The van der Waals surface area contributed by atoms with E-state index in [1.165, 1.54) is 12.1 Å². The summed E-state index contributed by atoms with van der Waals surface area (Å²) in [5, 5.41) is 8.70. The number of rotatable bonds is 4. The standard InChI is InChI=1S/C16H19FN2O2/c17-14-9-12(4-1-2-7-20)8-13(10-14)11-19-6-3-5-15(19)16(18)21/h8-10,15,20H,2-3,5-7,11H2,(H2,18,21). The van der Waals surface area contributed by atoms with Crippen molar-refractivity contribution in [2.75, 3.05) is 13.2 Å². The molecule has 0 spiro atoms. The van der Waals surface area contributed by atoms with Gasteiger partial charge in [-0.25, -0.2) is 4.39 Å². The van der Waals surface area contributed by atoms with E-state index in [0.717, 1.165) is 24.9 Å². The number of hydrogen-bond donors (Lipinski definition) is 2. The molecule has 4 nitrogen and oxygen atoms in total. The molecule has 2 rings (SSSR count). The maximum atomic E-state index is 13.6. The van der Waals surface area contributed by atoms with Gasteiger partial charge in [-0.2, -0.15) is 0 Å². The van der Waals surface area contributed by atoms with Crippen LogP contribution in [0.4, 0.5) is 4.39 Å². The predicted octanol–water partition coefficient (Wildman–Crippen LogP) is 1.01. The molecule has 1 saturated heterocycles. The molecule has 1 aliphatic heterocycles. The van der Waals surface area contributed by atoms with E-state index in [9.17, 15) is 9.18 Å². The highest BCUT2D eigenvalue weighted by atomic mass is 19.1. The van der Waals surface area contributed by atoms with Crippen molar-refractivity contribution < 1.29 is 14.3 Å². The van der Waals surface area contributed by atoms with Gasteiger partial charge in [-0.05, 0) is 43.1 Å². The fourth-order valence-electron chi connectivity index (χ4n) is 2.61. The molecular formula is C16H19FN2O2. The van der Waals surface area contributed by atoms with Crippen LogP contribution in [0.2, 0.25) is 0 Å². The van der Waals surface area contributed by atoms with Crippen molar-refractivity contribution in [1.29, 1.82) is 0 Å². The number of carbonyl (C=O) groups is 1. The highest BCUT2D eigenvalue weighted by Gasteiger charge is 2.28. The number of nitrogens with zero attached hydrogens (tertiary/aromatic N) is 1. The molecule has 0 aromatic heterocycles. The van der Waals surface area contributed by atoms with Gasteiger partial charge in [0.25, 0.3) is 0 Å². The second kappa shape index (κ2) is 7.21. The van der Waals surface area contributed by atoms with E-state index in [2.05, 4.69) is 11.8 Å². The minimum atomic E-state index is -0.351. The molecule has 21 heavy (non-hydrogen) atoms. The first-order chi connectivity index (χ1) is 10.1. The van der Waals surface area contributed by atoms with Crippen LogP contribution in [0.1, 0.15) is 30.4 Å². The molecule has 0 radical (unpaired) electrons. The summed E-state index contributed by atoms with van der Waals surface area (Å²) in [4.78, 5) is 13.3. The second-order valence-corrected chi connectivity index (χ2v) is 5.15. The quantitative estimate of drug-likeness (QED) is 0.813. The van der Waals surface area contributed by atoms with E-state index >= 15 is 0 Å². The topological polar surface area (TPSA) is 66.6 Å². The first kappa shape index (κ1) is 15.5. The van der Waals surface area contributed by atoms with E-state index in [1.54, 1.807) is 0 Å². The first-order valence-electron chi connectivity index (χ1n) is 7.02. The lowest BCUT2D eigenvalue weighted by Crippen LogP contribution is -2.39. The molecular weight excluding hydrogens is 271 g/mol. The van der Waals surface area contributed by atoms with Gasteiger partial charge in [-0.3, -0.25) is 9.69 Å². The summed E-state index contributed by atoms with van der Waals surface area (Å²) >= 11 is 0. The number of halogens is 1. The number of amides is 1. The van der Waals surface area contributed by atoms with Crippen molar-refractivity contribution in [2.45, 2.75) is 31.8 Å². The molecule has 0 aliphatic carbocycles. The molecule has 112 valence electrons. The number of aliphatic hydroxyl groups is 1. The lowest BCUT2D eigenvalue weighted by atomic mass is 10.1. The minimum Gasteiger partial charge on any atom is -0.395 e. The Hall–Kier alpha value is -1.90. The molecule has 5 heteroatoms. The molecule has 1 aliphatic rings. The Labute approximate surface area is 123 Å². The molecule has 3 N–H and O–H groups in total. The third kappa shape index (κ3) is 4.28. The smallest absolute Gasteiger partial charge is 0.234 e. The monoisotopic (exact) mass is 290 g/mol. The van der Waals surface area contributed by atoms with Crippen molar-refractivity contribution in [2.24, 2.45) is 5.73 Å². The SMILES string of the molecule is NC(=O)C1CCCN1Cc1cc(F)cc(C#CCCO)c1. The van der Waals surface area contributed by atoms with Crippen molar-refractivity contribution in [3.63, 3.8) is 0 Å². The van der Waals surface area contributed by atoms with Crippen molar-refractivity contribution in [3.05, 3.63) is 35.1 Å². The van der Waals surface area contributed by atoms with Crippen molar-refractivity contribution >= 4 is 5.91 Å². The summed E-state index contributed by atoms with van der Waals surface area (Å²) in [7, 11) is 0. The van der Waals surface area contributed by atoms with Crippen LogP contribution in [-0.2, 0) is 11.3 Å². The van der Waals surface area contributed by atoms with Crippen LogP contribution in [0.25, 0.3) is 0 Å². The molecule has 1 amide bonds. The van der Waals surface area contributed by atoms with Gasteiger partial charge in [0.05, 0.1) is 12.6 Å². The van der Waals surface area contributed by atoms with Gasteiger partial charge in [0, 0.05) is 18.5 Å². The minimum absolute atomic E-state index is 0.0107. The van der Waals surface area contributed by atoms with Gasteiger partial charge >= 0.3 is 0 Å². The van der Waals surface area contributed by atoms with Crippen molar-refractivity contribution in [3.8, 4) is 11.8 Å². The Kier molecular flexibility index (Phi) is 5.32. The van der Waals surface area contributed by atoms with E-state index in [1.807, 2.05) is 11.0 Å². The fourth-order valence-corrected chi connectivity index (χ4v) is 2.61. The molecule has 1 unspecified atom stereocenters. The third-order valence-electron chi connectivity index (χ3n) is 3.50. The predicted molar refractivity (Wildman–Crippen MR) is 77.6 cm³/mol. The zero-order valence-corrected chi connectivity index (χ0v) is 11.8. The van der Waals surface area contributed by atoms with Crippen LogP contribution in [0.15, 0.2) is 18.2 Å². The summed E-state index contributed by atoms with van der Waals surface area (Å²) in [5.74, 6) is 4.92.